The second-order valence-electron chi connectivity index (χ2n) is 8.45. The van der Waals surface area contributed by atoms with E-state index in [1.165, 1.54) is 50.6 Å². The first-order valence-electron chi connectivity index (χ1n) is 10.4. The second-order valence-corrected chi connectivity index (χ2v) is 8.89. The van der Waals surface area contributed by atoms with Crippen molar-refractivity contribution in [3.63, 3.8) is 0 Å². The lowest BCUT2D eigenvalue weighted by atomic mass is 9.69. The first-order valence-corrected chi connectivity index (χ1v) is 10.7. The van der Waals surface area contributed by atoms with Crippen molar-refractivity contribution >= 4 is 11.6 Å². The van der Waals surface area contributed by atoms with E-state index in [2.05, 4.69) is 67.6 Å². The van der Waals surface area contributed by atoms with Crippen LogP contribution >= 0.6 is 11.6 Å². The third-order valence-corrected chi connectivity index (χ3v) is 6.92. The Morgan fingerprint density at radius 1 is 1.23 bits per heavy atom. The topological polar surface area (TPSA) is 6.48 Å². The van der Waals surface area contributed by atoms with Gasteiger partial charge in [0.1, 0.15) is 0 Å². The molecule has 0 aliphatic heterocycles. The Kier molecular flexibility index (Phi) is 6.48. The molecule has 0 radical (unpaired) electrons. The minimum absolute atomic E-state index is 0.160. The van der Waals surface area contributed by atoms with E-state index in [1.807, 2.05) is 0 Å². The molecule has 0 saturated heterocycles. The van der Waals surface area contributed by atoms with Crippen LogP contribution < -0.4 is 0 Å². The predicted octanol–water partition coefficient (Wildman–Crippen LogP) is 5.72. The van der Waals surface area contributed by atoms with Gasteiger partial charge in [0.2, 0.25) is 0 Å². The molecule has 2 aliphatic carbocycles. The normalized spacial score (nSPS) is 29.3. The van der Waals surface area contributed by atoms with Gasteiger partial charge in [-0.2, -0.15) is 0 Å². The highest BCUT2D eigenvalue weighted by Gasteiger charge is 2.48. The second kappa shape index (κ2) is 8.46. The number of rotatable bonds is 8. The number of benzene rings is 1. The van der Waals surface area contributed by atoms with Crippen LogP contribution in [0.15, 0.2) is 36.9 Å². The zero-order valence-electron chi connectivity index (χ0n) is 16.8. The monoisotopic (exact) mass is 374 g/mol. The van der Waals surface area contributed by atoms with E-state index >= 15 is 0 Å². The molecule has 0 heterocycles. The van der Waals surface area contributed by atoms with Crippen LogP contribution in [-0.2, 0) is 5.54 Å². The lowest BCUT2D eigenvalue weighted by molar-refractivity contribution is 0.000466. The van der Waals surface area contributed by atoms with E-state index < -0.39 is 0 Å². The molecule has 1 aromatic rings. The lowest BCUT2D eigenvalue weighted by Gasteiger charge is -2.52. The minimum Gasteiger partial charge on any atom is -0.296 e. The highest BCUT2D eigenvalue weighted by atomic mass is 35.5. The van der Waals surface area contributed by atoms with Crippen molar-refractivity contribution in [2.75, 3.05) is 20.1 Å². The summed E-state index contributed by atoms with van der Waals surface area (Å²) in [5.74, 6) is 0.673. The standard InChI is InChI=1S/C23H35ClN2/c1-5-15-26(16-6-2)22-13-14-23(17-18(22)3,25(4)21-11-12-21)19-7-9-20(24)10-8-19/h5,7-10,18,21-22H,1,6,11-17H2,2-4H3. The van der Waals surface area contributed by atoms with Gasteiger partial charge in [-0.25, -0.2) is 0 Å². The Balaban J connectivity index is 1.85. The predicted molar refractivity (Wildman–Crippen MR) is 113 cm³/mol. The summed E-state index contributed by atoms with van der Waals surface area (Å²) >= 11 is 6.18. The van der Waals surface area contributed by atoms with Crippen LogP contribution in [0.3, 0.4) is 0 Å². The SMILES string of the molecule is C=CCN(CCC)C1CCC(c2ccc(Cl)cc2)(N(C)C2CC2)CC1C. The van der Waals surface area contributed by atoms with Gasteiger partial charge < -0.3 is 0 Å². The molecule has 2 saturated carbocycles. The van der Waals surface area contributed by atoms with Crippen LogP contribution in [0.5, 0.6) is 0 Å². The van der Waals surface area contributed by atoms with Crippen LogP contribution in [0.1, 0.15) is 57.9 Å². The molecule has 3 heteroatoms. The van der Waals surface area contributed by atoms with Crippen molar-refractivity contribution < 1.29 is 0 Å². The first-order chi connectivity index (χ1) is 12.5. The zero-order valence-corrected chi connectivity index (χ0v) is 17.5. The molecule has 144 valence electrons. The highest BCUT2D eigenvalue weighted by molar-refractivity contribution is 6.30. The summed E-state index contributed by atoms with van der Waals surface area (Å²) in [6.07, 6.45) is 9.69. The highest BCUT2D eigenvalue weighted by Crippen LogP contribution is 2.49. The van der Waals surface area contributed by atoms with E-state index in [0.717, 1.165) is 17.6 Å². The first kappa shape index (κ1) is 19.9. The van der Waals surface area contributed by atoms with E-state index in [-0.39, 0.29) is 5.54 Å². The third-order valence-electron chi connectivity index (χ3n) is 6.66. The Morgan fingerprint density at radius 2 is 1.92 bits per heavy atom. The molecule has 0 aromatic heterocycles. The molecule has 0 spiro atoms. The summed E-state index contributed by atoms with van der Waals surface area (Å²) in [5, 5.41) is 0.833. The van der Waals surface area contributed by atoms with Gasteiger partial charge in [0.05, 0.1) is 0 Å². The number of hydrogen-bond donors (Lipinski definition) is 0. The molecule has 26 heavy (non-hydrogen) atoms. The number of hydrogen-bond acceptors (Lipinski definition) is 2. The van der Waals surface area contributed by atoms with Crippen molar-refractivity contribution in [1.82, 2.24) is 9.80 Å². The number of halogens is 1. The molecule has 3 rings (SSSR count). The van der Waals surface area contributed by atoms with E-state index in [0.29, 0.717) is 12.0 Å². The largest absolute Gasteiger partial charge is 0.296 e. The average Bonchev–Trinajstić information content (AvgIpc) is 3.46. The maximum absolute atomic E-state index is 6.18. The van der Waals surface area contributed by atoms with E-state index in [4.69, 9.17) is 11.6 Å². The summed E-state index contributed by atoms with van der Waals surface area (Å²) in [6.45, 7) is 10.9. The third kappa shape index (κ3) is 4.03. The number of nitrogens with zero attached hydrogens (tertiary/aromatic N) is 2. The van der Waals surface area contributed by atoms with Gasteiger partial charge in [-0.15, -0.1) is 6.58 Å². The molecule has 1 aromatic carbocycles. The molecule has 0 amide bonds. The van der Waals surface area contributed by atoms with Gasteiger partial charge >= 0.3 is 0 Å². The molecular weight excluding hydrogens is 340 g/mol. The summed E-state index contributed by atoms with van der Waals surface area (Å²) < 4.78 is 0. The fourth-order valence-corrected chi connectivity index (χ4v) is 5.31. The van der Waals surface area contributed by atoms with E-state index in [1.54, 1.807) is 0 Å². The summed E-state index contributed by atoms with van der Waals surface area (Å²) in [6, 6.07) is 10.1. The minimum atomic E-state index is 0.160. The molecule has 2 nitrogen and oxygen atoms in total. The summed E-state index contributed by atoms with van der Waals surface area (Å²) in [7, 11) is 2.35. The van der Waals surface area contributed by atoms with E-state index in [9.17, 15) is 0 Å². The maximum Gasteiger partial charge on any atom is 0.0464 e. The maximum atomic E-state index is 6.18. The van der Waals surface area contributed by atoms with Gasteiger partial charge in [-0.05, 0) is 75.7 Å². The molecular formula is C23H35ClN2. The van der Waals surface area contributed by atoms with Gasteiger partial charge in [0.15, 0.2) is 0 Å². The van der Waals surface area contributed by atoms with Crippen LogP contribution in [0.2, 0.25) is 5.02 Å². The van der Waals surface area contributed by atoms with Crippen LogP contribution in [0.4, 0.5) is 0 Å². The fraction of sp³-hybridized carbons (Fsp3) is 0.652. The lowest BCUT2D eigenvalue weighted by Crippen LogP contribution is -2.54. The summed E-state index contributed by atoms with van der Waals surface area (Å²) in [4.78, 5) is 5.35. The Hall–Kier alpha value is -0.830. The Morgan fingerprint density at radius 3 is 2.46 bits per heavy atom. The van der Waals surface area contributed by atoms with Gasteiger partial charge in [-0.1, -0.05) is 43.7 Å². The van der Waals surface area contributed by atoms with Crippen molar-refractivity contribution in [3.05, 3.63) is 47.5 Å². The Labute approximate surface area is 165 Å². The average molecular weight is 375 g/mol. The fourth-order valence-electron chi connectivity index (χ4n) is 5.19. The van der Waals surface area contributed by atoms with Crippen molar-refractivity contribution in [2.24, 2.45) is 5.92 Å². The molecule has 3 unspecified atom stereocenters. The quantitative estimate of drug-likeness (QED) is 0.537. The molecule has 2 fully saturated rings. The Bertz CT molecular complexity index is 595. The van der Waals surface area contributed by atoms with Crippen LogP contribution in [0, 0.1) is 5.92 Å². The summed E-state index contributed by atoms with van der Waals surface area (Å²) in [5.41, 5.74) is 1.61. The molecule has 2 aliphatic rings. The molecule has 0 N–H and O–H groups in total. The van der Waals surface area contributed by atoms with Crippen molar-refractivity contribution in [1.29, 1.82) is 0 Å². The van der Waals surface area contributed by atoms with Crippen LogP contribution in [0.25, 0.3) is 0 Å². The van der Waals surface area contributed by atoms with Crippen molar-refractivity contribution in [2.45, 2.75) is 70.0 Å². The van der Waals surface area contributed by atoms with Gasteiger partial charge in [0.25, 0.3) is 0 Å². The zero-order chi connectivity index (χ0) is 18.7. The van der Waals surface area contributed by atoms with Crippen LogP contribution in [-0.4, -0.2) is 42.0 Å². The van der Waals surface area contributed by atoms with Gasteiger partial charge in [0, 0.05) is 29.2 Å². The smallest absolute Gasteiger partial charge is 0.0464 e. The van der Waals surface area contributed by atoms with Crippen molar-refractivity contribution in [3.8, 4) is 0 Å². The molecule has 0 bridgehead atoms. The molecule has 3 atom stereocenters. The van der Waals surface area contributed by atoms with Gasteiger partial charge in [-0.3, -0.25) is 9.80 Å².